The van der Waals surface area contributed by atoms with Crippen LogP contribution < -0.4 is 10.6 Å². The number of amides is 1. The third-order valence-electron chi connectivity index (χ3n) is 4.03. The Kier molecular flexibility index (Phi) is 3.75. The van der Waals surface area contributed by atoms with Crippen LogP contribution in [-0.4, -0.2) is 28.5 Å². The van der Waals surface area contributed by atoms with Crippen LogP contribution in [0.5, 0.6) is 0 Å². The van der Waals surface area contributed by atoms with Gasteiger partial charge in [0.25, 0.3) is 0 Å². The van der Waals surface area contributed by atoms with Crippen LogP contribution in [0.4, 0.5) is 5.69 Å². The molecule has 1 unspecified atom stereocenters. The zero-order valence-electron chi connectivity index (χ0n) is 12.2. The lowest BCUT2D eigenvalue weighted by atomic mass is 9.88. The number of imidazole rings is 1. The van der Waals surface area contributed by atoms with E-state index in [1.807, 2.05) is 35.9 Å². The van der Waals surface area contributed by atoms with Gasteiger partial charge in [0.05, 0.1) is 11.7 Å². The smallest absolute Gasteiger partial charge is 0.231 e. The van der Waals surface area contributed by atoms with E-state index < -0.39 is 0 Å². The van der Waals surface area contributed by atoms with E-state index in [-0.39, 0.29) is 11.3 Å². The van der Waals surface area contributed by atoms with Crippen LogP contribution in [0.2, 0.25) is 0 Å². The minimum Gasteiger partial charge on any atom is -0.333 e. The van der Waals surface area contributed by atoms with E-state index in [0.29, 0.717) is 0 Å². The molecule has 1 atom stereocenters. The molecule has 2 heterocycles. The van der Waals surface area contributed by atoms with Crippen LogP contribution in [0.3, 0.4) is 0 Å². The number of carbonyl (C=O) groups excluding carboxylic acids is 1. The van der Waals surface area contributed by atoms with Crippen molar-refractivity contribution in [3.8, 4) is 0 Å². The van der Waals surface area contributed by atoms with Gasteiger partial charge in [-0.1, -0.05) is 12.1 Å². The number of hydrogen-bond acceptors (Lipinski definition) is 3. The molecule has 3 rings (SSSR count). The maximum Gasteiger partial charge on any atom is 0.231 e. The zero-order valence-corrected chi connectivity index (χ0v) is 12.2. The molecule has 1 saturated heterocycles. The molecular formula is C16H20N4O. The minimum absolute atomic E-state index is 0.0901. The summed E-state index contributed by atoms with van der Waals surface area (Å²) in [5, 5.41) is 6.29. The van der Waals surface area contributed by atoms with Gasteiger partial charge in [0.1, 0.15) is 0 Å². The van der Waals surface area contributed by atoms with E-state index in [4.69, 9.17) is 0 Å². The zero-order chi connectivity index (χ0) is 14.7. The summed E-state index contributed by atoms with van der Waals surface area (Å²) in [4.78, 5) is 16.4. The number of carbonyl (C=O) groups is 1. The number of nitrogens with zero attached hydrogens (tertiary/aromatic N) is 2. The minimum atomic E-state index is -0.305. The van der Waals surface area contributed by atoms with Crippen LogP contribution in [0.1, 0.15) is 18.9 Å². The molecule has 110 valence electrons. The molecule has 2 aromatic rings. The van der Waals surface area contributed by atoms with Crippen molar-refractivity contribution in [2.45, 2.75) is 19.9 Å². The molecule has 0 radical (unpaired) electrons. The normalized spacial score (nSPS) is 21.4. The average Bonchev–Trinajstić information content (AvgIpc) is 3.12. The summed E-state index contributed by atoms with van der Waals surface area (Å²) in [5.74, 6) is 0.0901. The Hall–Kier alpha value is -2.14. The van der Waals surface area contributed by atoms with Crippen molar-refractivity contribution in [3.63, 3.8) is 0 Å². The molecule has 1 aromatic carbocycles. The quantitative estimate of drug-likeness (QED) is 0.901. The van der Waals surface area contributed by atoms with Gasteiger partial charge in [0, 0.05) is 31.2 Å². The third-order valence-corrected chi connectivity index (χ3v) is 4.03. The molecule has 5 heteroatoms. The summed E-state index contributed by atoms with van der Waals surface area (Å²) in [6, 6.07) is 7.97. The van der Waals surface area contributed by atoms with Gasteiger partial charge in [-0.25, -0.2) is 4.98 Å². The topological polar surface area (TPSA) is 59.0 Å². The number of anilines is 1. The molecule has 1 fully saturated rings. The van der Waals surface area contributed by atoms with E-state index in [1.165, 1.54) is 0 Å². The van der Waals surface area contributed by atoms with Gasteiger partial charge in [-0.3, -0.25) is 4.79 Å². The molecule has 0 saturated carbocycles. The lowest BCUT2D eigenvalue weighted by Crippen LogP contribution is -2.35. The van der Waals surface area contributed by atoms with Crippen molar-refractivity contribution >= 4 is 11.6 Å². The summed E-state index contributed by atoms with van der Waals surface area (Å²) in [7, 11) is 0. The summed E-state index contributed by atoms with van der Waals surface area (Å²) in [6.45, 7) is 4.42. The predicted octanol–water partition coefficient (Wildman–Crippen LogP) is 1.87. The highest BCUT2D eigenvalue weighted by molar-refractivity contribution is 5.95. The molecular weight excluding hydrogens is 264 g/mol. The number of hydrogen-bond donors (Lipinski definition) is 2. The van der Waals surface area contributed by atoms with Gasteiger partial charge < -0.3 is 15.2 Å². The molecule has 1 aliphatic rings. The Balaban J connectivity index is 1.69. The van der Waals surface area contributed by atoms with Gasteiger partial charge in [-0.2, -0.15) is 0 Å². The molecule has 5 nitrogen and oxygen atoms in total. The Labute approximate surface area is 124 Å². The summed E-state index contributed by atoms with van der Waals surface area (Å²) < 4.78 is 2.00. The van der Waals surface area contributed by atoms with E-state index in [9.17, 15) is 4.79 Å². The van der Waals surface area contributed by atoms with Crippen molar-refractivity contribution < 1.29 is 4.79 Å². The molecule has 1 aliphatic heterocycles. The molecule has 2 N–H and O–H groups in total. The maximum atomic E-state index is 12.4. The Bertz CT molecular complexity index is 615. The first-order chi connectivity index (χ1) is 10.2. The standard InChI is InChI=1S/C16H20N4O/c1-16(5-6-17-11-16)15(21)19-14-4-2-3-13(9-14)10-20-8-7-18-12-20/h2-4,7-9,12,17H,5-6,10-11H2,1H3,(H,19,21). The first kappa shape index (κ1) is 13.8. The van der Waals surface area contributed by atoms with Crippen LogP contribution in [-0.2, 0) is 11.3 Å². The van der Waals surface area contributed by atoms with Gasteiger partial charge in [-0.05, 0) is 37.6 Å². The Morgan fingerprint density at radius 1 is 1.52 bits per heavy atom. The predicted molar refractivity (Wildman–Crippen MR) is 82.0 cm³/mol. The summed E-state index contributed by atoms with van der Waals surface area (Å²) in [5.41, 5.74) is 1.69. The van der Waals surface area contributed by atoms with Crippen molar-refractivity contribution in [3.05, 3.63) is 48.5 Å². The second-order valence-electron chi connectivity index (χ2n) is 5.88. The number of rotatable bonds is 4. The van der Waals surface area contributed by atoms with Crippen LogP contribution in [0.25, 0.3) is 0 Å². The lowest BCUT2D eigenvalue weighted by Gasteiger charge is -2.21. The largest absolute Gasteiger partial charge is 0.333 e. The molecule has 0 bridgehead atoms. The van der Waals surface area contributed by atoms with Crippen molar-refractivity contribution in [1.29, 1.82) is 0 Å². The van der Waals surface area contributed by atoms with Gasteiger partial charge in [-0.15, -0.1) is 0 Å². The third kappa shape index (κ3) is 3.13. The fraction of sp³-hybridized carbons (Fsp3) is 0.375. The van der Waals surface area contributed by atoms with E-state index >= 15 is 0 Å². The molecule has 0 spiro atoms. The average molecular weight is 284 g/mol. The van der Waals surface area contributed by atoms with Gasteiger partial charge in [0.15, 0.2) is 0 Å². The van der Waals surface area contributed by atoms with E-state index in [0.717, 1.165) is 37.3 Å². The van der Waals surface area contributed by atoms with Crippen LogP contribution in [0.15, 0.2) is 43.0 Å². The van der Waals surface area contributed by atoms with E-state index in [1.54, 1.807) is 12.5 Å². The van der Waals surface area contributed by atoms with Crippen LogP contribution >= 0.6 is 0 Å². The monoisotopic (exact) mass is 284 g/mol. The van der Waals surface area contributed by atoms with E-state index in [2.05, 4.69) is 21.7 Å². The van der Waals surface area contributed by atoms with Crippen molar-refractivity contribution in [2.24, 2.45) is 5.41 Å². The SMILES string of the molecule is CC1(C(=O)Nc2cccc(Cn3ccnc3)c2)CCNC1. The summed E-state index contributed by atoms with van der Waals surface area (Å²) >= 11 is 0. The number of nitrogens with one attached hydrogen (secondary N) is 2. The van der Waals surface area contributed by atoms with Gasteiger partial charge in [0.2, 0.25) is 5.91 Å². The highest BCUT2D eigenvalue weighted by atomic mass is 16.2. The highest BCUT2D eigenvalue weighted by Crippen LogP contribution is 2.26. The molecule has 1 aromatic heterocycles. The second kappa shape index (κ2) is 5.69. The fourth-order valence-corrected chi connectivity index (χ4v) is 2.63. The highest BCUT2D eigenvalue weighted by Gasteiger charge is 2.36. The summed E-state index contributed by atoms with van der Waals surface area (Å²) in [6.07, 6.45) is 6.36. The number of benzene rings is 1. The second-order valence-corrected chi connectivity index (χ2v) is 5.88. The Morgan fingerprint density at radius 2 is 2.43 bits per heavy atom. The fourth-order valence-electron chi connectivity index (χ4n) is 2.63. The number of aromatic nitrogens is 2. The molecule has 0 aliphatic carbocycles. The van der Waals surface area contributed by atoms with Crippen LogP contribution in [0, 0.1) is 5.41 Å². The maximum absolute atomic E-state index is 12.4. The lowest BCUT2D eigenvalue weighted by molar-refractivity contribution is -0.123. The molecule has 1 amide bonds. The first-order valence-corrected chi connectivity index (χ1v) is 7.23. The van der Waals surface area contributed by atoms with Gasteiger partial charge >= 0.3 is 0 Å². The molecule has 21 heavy (non-hydrogen) atoms. The van der Waals surface area contributed by atoms with Crippen molar-refractivity contribution in [1.82, 2.24) is 14.9 Å². The Morgan fingerprint density at radius 3 is 3.14 bits per heavy atom. The van der Waals surface area contributed by atoms with Crippen molar-refractivity contribution in [2.75, 3.05) is 18.4 Å². The first-order valence-electron chi connectivity index (χ1n) is 7.23.